The van der Waals surface area contributed by atoms with Crippen molar-refractivity contribution in [3.63, 3.8) is 0 Å². The molecule has 154 valence electrons. The molecule has 1 aliphatic heterocycles. The normalized spacial score (nSPS) is 16.8. The Morgan fingerprint density at radius 3 is 2.66 bits per heavy atom. The summed E-state index contributed by atoms with van der Waals surface area (Å²) < 4.78 is 24.2. The molecule has 2 aromatic carbocycles. The largest absolute Gasteiger partial charge is 0.481 e. The lowest BCUT2D eigenvalue weighted by Crippen LogP contribution is -2.35. The number of benzene rings is 2. The summed E-state index contributed by atoms with van der Waals surface area (Å²) in [5.41, 5.74) is 0.777. The molecule has 1 heterocycles. The third-order valence-corrected chi connectivity index (χ3v) is 4.70. The van der Waals surface area contributed by atoms with E-state index in [0.29, 0.717) is 30.0 Å². The van der Waals surface area contributed by atoms with Crippen LogP contribution in [0.5, 0.6) is 5.75 Å². The number of nitrogens with one attached hydrogen (secondary N) is 2. The first-order chi connectivity index (χ1) is 14.1. The van der Waals surface area contributed by atoms with E-state index in [4.69, 9.17) is 9.47 Å². The van der Waals surface area contributed by atoms with E-state index < -0.39 is 6.10 Å². The van der Waals surface area contributed by atoms with Crippen LogP contribution in [-0.2, 0) is 9.53 Å². The van der Waals surface area contributed by atoms with E-state index in [-0.39, 0.29) is 23.7 Å². The van der Waals surface area contributed by atoms with Gasteiger partial charge >= 0.3 is 0 Å². The fraction of sp³-hybridized carbons (Fsp3) is 0.364. The summed E-state index contributed by atoms with van der Waals surface area (Å²) in [5.74, 6) is -0.631. The minimum absolute atomic E-state index is 0.0364. The molecule has 2 atom stereocenters. The summed E-state index contributed by atoms with van der Waals surface area (Å²) in [4.78, 5) is 25.3. The van der Waals surface area contributed by atoms with Gasteiger partial charge in [-0.15, -0.1) is 0 Å². The van der Waals surface area contributed by atoms with Crippen molar-refractivity contribution in [1.29, 1.82) is 0 Å². The topological polar surface area (TPSA) is 76.7 Å². The van der Waals surface area contributed by atoms with Gasteiger partial charge in [0.1, 0.15) is 11.6 Å². The van der Waals surface area contributed by atoms with Crippen molar-refractivity contribution in [1.82, 2.24) is 5.32 Å². The Balaban J connectivity index is 1.64. The maximum Gasteiger partial charge on any atom is 0.265 e. The van der Waals surface area contributed by atoms with E-state index in [9.17, 15) is 14.0 Å². The van der Waals surface area contributed by atoms with Crippen molar-refractivity contribution < 1.29 is 23.5 Å². The van der Waals surface area contributed by atoms with Crippen LogP contribution in [0.25, 0.3) is 0 Å². The molecule has 0 aliphatic carbocycles. The molecule has 0 spiro atoms. The first kappa shape index (κ1) is 20.8. The molecule has 6 nitrogen and oxygen atoms in total. The monoisotopic (exact) mass is 400 g/mol. The van der Waals surface area contributed by atoms with Crippen LogP contribution in [0.2, 0.25) is 0 Å². The highest BCUT2D eigenvalue weighted by Crippen LogP contribution is 2.19. The number of carbonyl (C=O) groups is 2. The lowest BCUT2D eigenvalue weighted by molar-refractivity contribution is -0.122. The molecule has 0 aromatic heterocycles. The quantitative estimate of drug-likeness (QED) is 0.711. The second kappa shape index (κ2) is 10.0. The van der Waals surface area contributed by atoms with E-state index in [2.05, 4.69) is 10.6 Å². The van der Waals surface area contributed by atoms with E-state index in [1.54, 1.807) is 24.3 Å². The maximum absolute atomic E-state index is 13.1. The minimum Gasteiger partial charge on any atom is -0.481 e. The molecular weight excluding hydrogens is 375 g/mol. The van der Waals surface area contributed by atoms with Crippen LogP contribution in [0.1, 0.15) is 36.5 Å². The van der Waals surface area contributed by atoms with E-state index in [1.807, 2.05) is 6.92 Å². The third-order valence-electron chi connectivity index (χ3n) is 4.70. The molecule has 2 unspecified atom stereocenters. The summed E-state index contributed by atoms with van der Waals surface area (Å²) in [7, 11) is 0. The first-order valence-electron chi connectivity index (χ1n) is 9.78. The summed E-state index contributed by atoms with van der Waals surface area (Å²) in [5, 5.41) is 5.63. The number of para-hydroxylation sites is 1. The molecule has 2 N–H and O–H groups in total. The van der Waals surface area contributed by atoms with Gasteiger partial charge in [0.2, 0.25) is 0 Å². The lowest BCUT2D eigenvalue weighted by Gasteiger charge is -2.19. The highest BCUT2D eigenvalue weighted by atomic mass is 19.1. The van der Waals surface area contributed by atoms with Crippen LogP contribution in [0.4, 0.5) is 10.1 Å². The number of hydrogen-bond acceptors (Lipinski definition) is 4. The average Bonchev–Trinajstić information content (AvgIpc) is 3.25. The third kappa shape index (κ3) is 5.77. The first-order valence-corrected chi connectivity index (χ1v) is 9.78. The van der Waals surface area contributed by atoms with Gasteiger partial charge in [0.15, 0.2) is 6.10 Å². The molecule has 1 fully saturated rings. The lowest BCUT2D eigenvalue weighted by atomic mass is 10.1. The van der Waals surface area contributed by atoms with E-state index in [1.165, 1.54) is 24.3 Å². The standard InChI is InChI=1S/C22H25FN2O4/c1-2-20(29-16-11-9-15(23)10-12-16)22(27)25-19-8-4-3-7-18(19)21(26)24-14-17-6-5-13-28-17/h3-4,7-12,17,20H,2,5-6,13-14H2,1H3,(H,24,26)(H,25,27). The number of amides is 2. The fourth-order valence-corrected chi connectivity index (χ4v) is 3.11. The average molecular weight is 400 g/mol. The Morgan fingerprint density at radius 1 is 1.21 bits per heavy atom. The van der Waals surface area contributed by atoms with Gasteiger partial charge in [-0.05, 0) is 55.7 Å². The Kier molecular flexibility index (Phi) is 7.19. The molecular formula is C22H25FN2O4. The molecule has 2 amide bonds. The number of hydrogen-bond donors (Lipinski definition) is 2. The molecule has 0 bridgehead atoms. The Bertz CT molecular complexity index is 835. The smallest absolute Gasteiger partial charge is 0.265 e. The molecule has 1 saturated heterocycles. The van der Waals surface area contributed by atoms with Gasteiger partial charge in [0.25, 0.3) is 11.8 Å². The van der Waals surface area contributed by atoms with Crippen molar-refractivity contribution in [2.45, 2.75) is 38.4 Å². The molecule has 7 heteroatoms. The summed E-state index contributed by atoms with van der Waals surface area (Å²) >= 11 is 0. The maximum atomic E-state index is 13.1. The van der Waals surface area contributed by atoms with Gasteiger partial charge in [-0.25, -0.2) is 4.39 Å². The summed E-state index contributed by atoms with van der Waals surface area (Å²) in [6.07, 6.45) is 1.60. The Hall–Kier alpha value is -2.93. The molecule has 1 aliphatic rings. The van der Waals surface area contributed by atoms with Gasteiger partial charge < -0.3 is 20.1 Å². The number of anilines is 1. The molecule has 0 saturated carbocycles. The second-order valence-electron chi connectivity index (χ2n) is 6.85. The van der Waals surface area contributed by atoms with Gasteiger partial charge in [0.05, 0.1) is 17.4 Å². The number of halogens is 1. The zero-order valence-electron chi connectivity index (χ0n) is 16.3. The minimum atomic E-state index is -0.775. The highest BCUT2D eigenvalue weighted by Gasteiger charge is 2.22. The molecule has 3 rings (SSSR count). The predicted octanol–water partition coefficient (Wildman–Crippen LogP) is 3.53. The number of rotatable bonds is 8. The zero-order valence-corrected chi connectivity index (χ0v) is 16.3. The summed E-state index contributed by atoms with van der Waals surface area (Å²) in [6, 6.07) is 12.3. The van der Waals surface area contributed by atoms with Crippen molar-refractivity contribution in [2.75, 3.05) is 18.5 Å². The van der Waals surface area contributed by atoms with Gasteiger partial charge in [-0.1, -0.05) is 19.1 Å². The second-order valence-corrected chi connectivity index (χ2v) is 6.85. The van der Waals surface area contributed by atoms with Crippen molar-refractivity contribution in [3.05, 3.63) is 59.9 Å². The van der Waals surface area contributed by atoms with Gasteiger partial charge in [-0.3, -0.25) is 9.59 Å². The summed E-state index contributed by atoms with van der Waals surface area (Å²) in [6.45, 7) is 2.97. The predicted molar refractivity (Wildman–Crippen MR) is 107 cm³/mol. The van der Waals surface area contributed by atoms with Crippen molar-refractivity contribution in [2.24, 2.45) is 0 Å². The van der Waals surface area contributed by atoms with Crippen LogP contribution < -0.4 is 15.4 Å². The van der Waals surface area contributed by atoms with Gasteiger partial charge in [0, 0.05) is 13.2 Å². The Labute approximate surface area is 169 Å². The zero-order chi connectivity index (χ0) is 20.6. The van der Waals surface area contributed by atoms with Crippen LogP contribution in [-0.4, -0.2) is 37.2 Å². The molecule has 2 aromatic rings. The molecule has 0 radical (unpaired) electrons. The van der Waals surface area contributed by atoms with Crippen LogP contribution >= 0.6 is 0 Å². The van der Waals surface area contributed by atoms with E-state index >= 15 is 0 Å². The Morgan fingerprint density at radius 2 is 1.97 bits per heavy atom. The van der Waals surface area contributed by atoms with Crippen molar-refractivity contribution in [3.8, 4) is 5.75 Å². The van der Waals surface area contributed by atoms with Crippen LogP contribution in [0.3, 0.4) is 0 Å². The van der Waals surface area contributed by atoms with E-state index in [0.717, 1.165) is 19.4 Å². The molecule has 29 heavy (non-hydrogen) atoms. The van der Waals surface area contributed by atoms with Gasteiger partial charge in [-0.2, -0.15) is 0 Å². The number of ether oxygens (including phenoxy) is 2. The van der Waals surface area contributed by atoms with Crippen LogP contribution in [0.15, 0.2) is 48.5 Å². The highest BCUT2D eigenvalue weighted by molar-refractivity contribution is 6.04. The number of carbonyl (C=O) groups excluding carboxylic acids is 2. The SMILES string of the molecule is CCC(Oc1ccc(F)cc1)C(=O)Nc1ccccc1C(=O)NCC1CCCO1. The fourth-order valence-electron chi connectivity index (χ4n) is 3.11. The van der Waals surface area contributed by atoms with Crippen LogP contribution in [0, 0.1) is 5.82 Å². The van der Waals surface area contributed by atoms with Crippen molar-refractivity contribution >= 4 is 17.5 Å².